The van der Waals surface area contributed by atoms with Gasteiger partial charge in [0.15, 0.2) is 0 Å². The van der Waals surface area contributed by atoms with Gasteiger partial charge in [0, 0.05) is 30.8 Å². The molecule has 5 nitrogen and oxygen atoms in total. The molecule has 2 aromatic rings. The highest BCUT2D eigenvalue weighted by Gasteiger charge is 2.20. The fraction of sp³-hybridized carbons (Fsp3) is 0.333. The number of rotatable bonds is 6. The molecule has 1 atom stereocenters. The van der Waals surface area contributed by atoms with Crippen molar-refractivity contribution in [2.75, 3.05) is 25.0 Å². The number of nitrogens with one attached hydrogen (secondary N) is 1. The molecular weight excluding hydrogens is 360 g/mol. The second kappa shape index (κ2) is 7.33. The van der Waals surface area contributed by atoms with Crippen LogP contribution in [0.4, 0.5) is 5.69 Å². The molecule has 3 rings (SSSR count). The Kier molecular flexibility index (Phi) is 5.34. The lowest BCUT2D eigenvalue weighted by molar-refractivity contribution is 0.182. The molecule has 7 heteroatoms. The van der Waals surface area contributed by atoms with Crippen molar-refractivity contribution in [2.45, 2.75) is 18.3 Å². The van der Waals surface area contributed by atoms with E-state index in [2.05, 4.69) is 9.62 Å². The zero-order chi connectivity index (χ0) is 18.0. The van der Waals surface area contributed by atoms with Crippen LogP contribution in [0.25, 0.3) is 0 Å². The standard InChI is InChI=1S/C18H21ClN2O3S/c1-21-9-8-13-10-14(6-7-17(13)21)18(22)11-20-25(23,24)12-15-4-2-3-5-16(15)19/h2-7,10,18,20,22H,8-9,11-12H2,1H3. The Bertz CT molecular complexity index is 870. The van der Waals surface area contributed by atoms with E-state index in [0.29, 0.717) is 10.6 Å². The van der Waals surface area contributed by atoms with Crippen LogP contribution in [0.2, 0.25) is 5.02 Å². The van der Waals surface area contributed by atoms with Crippen molar-refractivity contribution in [3.63, 3.8) is 0 Å². The fourth-order valence-electron chi connectivity index (χ4n) is 2.99. The second-order valence-electron chi connectivity index (χ2n) is 6.27. The first-order chi connectivity index (χ1) is 11.9. The first-order valence-corrected chi connectivity index (χ1v) is 10.1. The monoisotopic (exact) mass is 380 g/mol. The molecule has 1 unspecified atom stereocenters. The summed E-state index contributed by atoms with van der Waals surface area (Å²) in [6, 6.07) is 12.6. The van der Waals surface area contributed by atoms with Crippen molar-refractivity contribution in [1.82, 2.24) is 4.72 Å². The predicted octanol–water partition coefficient (Wildman–Crippen LogP) is 2.49. The van der Waals surface area contributed by atoms with E-state index in [9.17, 15) is 13.5 Å². The number of aliphatic hydroxyl groups excluding tert-OH is 1. The Morgan fingerprint density at radius 1 is 1.28 bits per heavy atom. The summed E-state index contributed by atoms with van der Waals surface area (Å²) in [6.07, 6.45) is 0.0437. The third-order valence-corrected chi connectivity index (χ3v) is 6.08. The average Bonchev–Trinajstić information content (AvgIpc) is 2.95. The van der Waals surface area contributed by atoms with Crippen LogP contribution in [-0.2, 0) is 22.2 Å². The number of likely N-dealkylation sites (N-methyl/N-ethyl adjacent to an activating group) is 1. The van der Waals surface area contributed by atoms with Gasteiger partial charge in [0.2, 0.25) is 10.0 Å². The van der Waals surface area contributed by atoms with Crippen LogP contribution in [0.3, 0.4) is 0 Å². The Morgan fingerprint density at radius 2 is 2.04 bits per heavy atom. The van der Waals surface area contributed by atoms with Crippen LogP contribution < -0.4 is 9.62 Å². The number of aliphatic hydroxyl groups is 1. The molecule has 1 aliphatic heterocycles. The number of anilines is 1. The van der Waals surface area contributed by atoms with E-state index in [-0.39, 0.29) is 12.3 Å². The van der Waals surface area contributed by atoms with Crippen LogP contribution in [-0.4, -0.2) is 33.7 Å². The molecule has 0 saturated heterocycles. The molecular formula is C18H21ClN2O3S. The van der Waals surface area contributed by atoms with Gasteiger partial charge in [-0.05, 0) is 35.2 Å². The molecule has 0 aliphatic carbocycles. The average molecular weight is 381 g/mol. The number of nitrogens with zero attached hydrogens (tertiary/aromatic N) is 1. The number of hydrogen-bond acceptors (Lipinski definition) is 4. The molecule has 2 N–H and O–H groups in total. The zero-order valence-electron chi connectivity index (χ0n) is 13.9. The van der Waals surface area contributed by atoms with E-state index < -0.39 is 16.1 Å². The van der Waals surface area contributed by atoms with Crippen molar-refractivity contribution in [1.29, 1.82) is 0 Å². The summed E-state index contributed by atoms with van der Waals surface area (Å²) in [5, 5.41) is 10.7. The molecule has 1 heterocycles. The minimum absolute atomic E-state index is 0.0680. The quantitative estimate of drug-likeness (QED) is 0.807. The first-order valence-electron chi connectivity index (χ1n) is 8.08. The van der Waals surface area contributed by atoms with Crippen LogP contribution in [0, 0.1) is 0 Å². The predicted molar refractivity (Wildman–Crippen MR) is 100 cm³/mol. The van der Waals surface area contributed by atoms with Gasteiger partial charge >= 0.3 is 0 Å². The summed E-state index contributed by atoms with van der Waals surface area (Å²) in [6.45, 7) is 0.890. The summed E-state index contributed by atoms with van der Waals surface area (Å²) in [4.78, 5) is 2.16. The van der Waals surface area contributed by atoms with Crippen LogP contribution in [0.5, 0.6) is 0 Å². The molecule has 0 saturated carbocycles. The maximum Gasteiger partial charge on any atom is 0.215 e. The Hall–Kier alpha value is -1.60. The lowest BCUT2D eigenvalue weighted by atomic mass is 10.0. The fourth-order valence-corrected chi connectivity index (χ4v) is 4.45. The zero-order valence-corrected chi connectivity index (χ0v) is 15.5. The van der Waals surface area contributed by atoms with Gasteiger partial charge in [-0.2, -0.15) is 0 Å². The number of hydrogen-bond donors (Lipinski definition) is 2. The molecule has 0 radical (unpaired) electrons. The SMILES string of the molecule is CN1CCc2cc(C(O)CNS(=O)(=O)Cc3ccccc3Cl)ccc21. The minimum Gasteiger partial charge on any atom is -0.387 e. The number of halogens is 1. The van der Waals surface area contributed by atoms with Crippen molar-refractivity contribution in [2.24, 2.45) is 0 Å². The molecule has 25 heavy (non-hydrogen) atoms. The van der Waals surface area contributed by atoms with E-state index >= 15 is 0 Å². The summed E-state index contributed by atoms with van der Waals surface area (Å²) in [5.74, 6) is -0.214. The smallest absolute Gasteiger partial charge is 0.215 e. The van der Waals surface area contributed by atoms with Gasteiger partial charge in [0.25, 0.3) is 0 Å². The Balaban J connectivity index is 1.64. The lowest BCUT2D eigenvalue weighted by Gasteiger charge is -2.16. The van der Waals surface area contributed by atoms with Gasteiger partial charge in [0.1, 0.15) is 0 Å². The normalized spacial score (nSPS) is 15.2. The lowest BCUT2D eigenvalue weighted by Crippen LogP contribution is -2.29. The molecule has 0 aromatic heterocycles. The minimum atomic E-state index is -3.58. The number of sulfonamides is 1. The number of benzene rings is 2. The largest absolute Gasteiger partial charge is 0.387 e. The summed E-state index contributed by atoms with van der Waals surface area (Å²) < 4.78 is 26.9. The highest BCUT2D eigenvalue weighted by Crippen LogP contribution is 2.29. The van der Waals surface area contributed by atoms with Crippen LogP contribution in [0.15, 0.2) is 42.5 Å². The molecule has 2 aromatic carbocycles. The Morgan fingerprint density at radius 3 is 2.80 bits per heavy atom. The molecule has 134 valence electrons. The maximum atomic E-state index is 12.2. The van der Waals surface area contributed by atoms with Crippen molar-refractivity contribution < 1.29 is 13.5 Å². The van der Waals surface area contributed by atoms with Crippen molar-refractivity contribution >= 4 is 27.3 Å². The van der Waals surface area contributed by atoms with E-state index in [4.69, 9.17) is 11.6 Å². The number of fused-ring (bicyclic) bond motifs is 1. The molecule has 0 spiro atoms. The Labute approximate surface area is 153 Å². The van der Waals surface area contributed by atoms with E-state index in [1.165, 1.54) is 5.56 Å². The third kappa shape index (κ3) is 4.33. The van der Waals surface area contributed by atoms with Gasteiger partial charge in [0.05, 0.1) is 11.9 Å². The van der Waals surface area contributed by atoms with Gasteiger partial charge < -0.3 is 10.0 Å². The van der Waals surface area contributed by atoms with Gasteiger partial charge in [-0.1, -0.05) is 41.9 Å². The highest BCUT2D eigenvalue weighted by molar-refractivity contribution is 7.88. The highest BCUT2D eigenvalue weighted by atomic mass is 35.5. The van der Waals surface area contributed by atoms with Crippen molar-refractivity contribution in [3.05, 3.63) is 64.2 Å². The van der Waals surface area contributed by atoms with E-state index in [1.807, 2.05) is 25.2 Å². The van der Waals surface area contributed by atoms with Crippen molar-refractivity contribution in [3.8, 4) is 0 Å². The summed E-state index contributed by atoms with van der Waals surface area (Å²) in [7, 11) is -1.55. The van der Waals surface area contributed by atoms with Crippen LogP contribution in [0.1, 0.15) is 22.8 Å². The molecule has 0 fully saturated rings. The molecule has 1 aliphatic rings. The van der Waals surface area contributed by atoms with Gasteiger partial charge in [-0.3, -0.25) is 0 Å². The first kappa shape index (κ1) is 18.2. The third-order valence-electron chi connectivity index (χ3n) is 4.42. The van der Waals surface area contributed by atoms with Gasteiger partial charge in [-0.25, -0.2) is 13.1 Å². The summed E-state index contributed by atoms with van der Waals surface area (Å²) >= 11 is 6.01. The molecule has 0 bridgehead atoms. The van der Waals surface area contributed by atoms with E-state index in [0.717, 1.165) is 24.2 Å². The second-order valence-corrected chi connectivity index (χ2v) is 8.49. The maximum absolute atomic E-state index is 12.2. The van der Waals surface area contributed by atoms with Gasteiger partial charge in [-0.15, -0.1) is 0 Å². The topological polar surface area (TPSA) is 69.6 Å². The molecule has 0 amide bonds. The summed E-state index contributed by atoms with van der Waals surface area (Å²) in [5.41, 5.74) is 3.59. The van der Waals surface area contributed by atoms with E-state index in [1.54, 1.807) is 24.3 Å². The van der Waals surface area contributed by atoms with Crippen LogP contribution >= 0.6 is 11.6 Å².